The van der Waals surface area contributed by atoms with Crippen molar-refractivity contribution in [3.8, 4) is 11.1 Å². The molecular weight excluding hydrogens is 713 g/mol. The van der Waals surface area contributed by atoms with Gasteiger partial charge in [-0.3, -0.25) is 9.59 Å². The van der Waals surface area contributed by atoms with Gasteiger partial charge in [0.25, 0.3) is 0 Å². The highest BCUT2D eigenvalue weighted by molar-refractivity contribution is 5.76. The Kier molecular flexibility index (Phi) is 22.0. The Bertz CT molecular complexity index is 1530. The van der Waals surface area contributed by atoms with Crippen molar-refractivity contribution in [2.75, 3.05) is 19.6 Å². The van der Waals surface area contributed by atoms with Crippen LogP contribution in [0, 0.1) is 0 Å². The lowest BCUT2D eigenvalue weighted by Crippen LogP contribution is -2.40. The Morgan fingerprint density at radius 1 is 0.667 bits per heavy atom. The molecule has 1 fully saturated rings. The number of aliphatic hydroxyl groups excluding tert-OH is 1. The van der Waals surface area contributed by atoms with Crippen LogP contribution in [-0.4, -0.2) is 52.7 Å². The van der Waals surface area contributed by atoms with Gasteiger partial charge in [-0.25, -0.2) is 0 Å². The summed E-state index contributed by atoms with van der Waals surface area (Å²) in [5, 5.41) is 21.5. The largest absolute Gasteiger partial charge is 0.481 e. The number of nitrogens with one attached hydrogen (secondary N) is 1. The third-order valence-electron chi connectivity index (χ3n) is 11.2. The van der Waals surface area contributed by atoms with Crippen LogP contribution in [0.3, 0.4) is 0 Å². The maximum Gasteiger partial charge on any atom is 0.303 e. The highest BCUT2D eigenvalue weighted by Gasteiger charge is 2.33. The first kappa shape index (κ1) is 46.1. The molecule has 3 N–H and O–H groups in total. The summed E-state index contributed by atoms with van der Waals surface area (Å²) in [5.41, 5.74) is 6.20. The number of aliphatic hydroxyl groups is 1. The van der Waals surface area contributed by atoms with Crippen molar-refractivity contribution in [3.05, 3.63) is 95.1 Å². The standard InChI is InChI=1S/C49H72N2O6/c1-3-5-7-9-13-17-32-51(33-18-14-10-8-6-4-2)37-45-35-46(42-26-24-39(38-52)25-27-42)57-49(56-45)43-30-28-41(29-31-43)44-21-19-20-40(34-44)36-50-47(53)22-15-11-12-16-23-48(54)55/h19-21,24-31,34,45-46,49,52H,3-18,22-23,32-33,35-38H2,1-2H3,(H,50,53)(H,54,55)/t45-,46+,49+/m0/s1. The molecule has 1 aliphatic heterocycles. The zero-order valence-electron chi connectivity index (χ0n) is 35.1. The van der Waals surface area contributed by atoms with E-state index in [1.54, 1.807) is 0 Å². The van der Waals surface area contributed by atoms with Crippen molar-refractivity contribution < 1.29 is 29.3 Å². The number of carbonyl (C=O) groups is 2. The Hall–Kier alpha value is -3.56. The average Bonchev–Trinajstić information content (AvgIpc) is 3.23. The molecule has 3 aromatic rings. The lowest BCUT2D eigenvalue weighted by atomic mass is 9.98. The van der Waals surface area contributed by atoms with Crippen LogP contribution in [0.15, 0.2) is 72.8 Å². The predicted octanol–water partition coefficient (Wildman–Crippen LogP) is 11.5. The highest BCUT2D eigenvalue weighted by atomic mass is 16.7. The third-order valence-corrected chi connectivity index (χ3v) is 11.2. The van der Waals surface area contributed by atoms with Crippen LogP contribution in [0.1, 0.15) is 170 Å². The van der Waals surface area contributed by atoms with E-state index in [0.29, 0.717) is 19.4 Å². The summed E-state index contributed by atoms with van der Waals surface area (Å²) in [6.45, 7) is 8.14. The van der Waals surface area contributed by atoms with Gasteiger partial charge in [0.05, 0.1) is 18.8 Å². The molecule has 314 valence electrons. The summed E-state index contributed by atoms with van der Waals surface area (Å²) in [5.74, 6) is -0.749. The fourth-order valence-electron chi connectivity index (χ4n) is 7.74. The molecule has 0 aromatic heterocycles. The Labute approximate surface area is 343 Å². The number of carbonyl (C=O) groups excluding carboxylic acids is 1. The normalized spacial score (nSPS) is 16.9. The summed E-state index contributed by atoms with van der Waals surface area (Å²) < 4.78 is 13.6. The molecule has 3 aromatic carbocycles. The van der Waals surface area contributed by atoms with Gasteiger partial charge in [0, 0.05) is 37.9 Å². The van der Waals surface area contributed by atoms with E-state index in [4.69, 9.17) is 14.6 Å². The first-order chi connectivity index (χ1) is 27.9. The minimum atomic E-state index is -0.766. The van der Waals surface area contributed by atoms with Crippen LogP contribution < -0.4 is 5.32 Å². The van der Waals surface area contributed by atoms with Gasteiger partial charge in [-0.05, 0) is 72.7 Å². The Morgan fingerprint density at radius 3 is 1.89 bits per heavy atom. The van der Waals surface area contributed by atoms with Gasteiger partial charge >= 0.3 is 5.97 Å². The van der Waals surface area contributed by atoms with Crippen molar-refractivity contribution >= 4 is 11.9 Å². The van der Waals surface area contributed by atoms with Crippen molar-refractivity contribution in [1.82, 2.24) is 10.2 Å². The van der Waals surface area contributed by atoms with Crippen LogP contribution in [0.2, 0.25) is 0 Å². The molecule has 0 unspecified atom stereocenters. The molecule has 4 rings (SSSR count). The molecule has 0 saturated carbocycles. The molecule has 8 heteroatoms. The second-order valence-electron chi connectivity index (χ2n) is 16.1. The van der Waals surface area contributed by atoms with E-state index in [0.717, 1.165) is 78.7 Å². The number of amides is 1. The number of benzene rings is 3. The number of nitrogens with zero attached hydrogens (tertiary/aromatic N) is 1. The molecule has 0 aliphatic carbocycles. The summed E-state index contributed by atoms with van der Waals surface area (Å²) in [6, 6.07) is 24.9. The molecule has 8 nitrogen and oxygen atoms in total. The van der Waals surface area contributed by atoms with Gasteiger partial charge in [-0.2, -0.15) is 0 Å². The van der Waals surface area contributed by atoms with Crippen molar-refractivity contribution in [2.45, 2.75) is 167 Å². The number of ether oxygens (including phenoxy) is 2. The molecule has 1 saturated heterocycles. The maximum atomic E-state index is 12.5. The fraction of sp³-hybridized carbons (Fsp3) is 0.592. The zero-order valence-corrected chi connectivity index (χ0v) is 35.1. The molecule has 57 heavy (non-hydrogen) atoms. The lowest BCUT2D eigenvalue weighted by Gasteiger charge is -2.38. The second kappa shape index (κ2) is 27.2. The quantitative estimate of drug-likeness (QED) is 0.0602. The first-order valence-electron chi connectivity index (χ1n) is 22.3. The number of aliphatic carboxylic acids is 1. The number of rotatable bonds is 29. The Morgan fingerprint density at radius 2 is 1.26 bits per heavy atom. The average molecular weight is 785 g/mol. The first-order valence-corrected chi connectivity index (χ1v) is 22.3. The number of hydrogen-bond donors (Lipinski definition) is 3. The third kappa shape index (κ3) is 17.9. The van der Waals surface area contributed by atoms with Gasteiger partial charge in [0.2, 0.25) is 5.91 Å². The fourth-order valence-corrected chi connectivity index (χ4v) is 7.74. The van der Waals surface area contributed by atoms with Crippen molar-refractivity contribution in [1.29, 1.82) is 0 Å². The predicted molar refractivity (Wildman–Crippen MR) is 231 cm³/mol. The lowest BCUT2D eigenvalue weighted by molar-refractivity contribution is -0.253. The number of hydrogen-bond acceptors (Lipinski definition) is 6. The Balaban J connectivity index is 1.40. The van der Waals surface area contributed by atoms with E-state index in [1.807, 2.05) is 24.3 Å². The summed E-state index contributed by atoms with van der Waals surface area (Å²) >= 11 is 0. The molecule has 3 atom stereocenters. The van der Waals surface area contributed by atoms with Gasteiger partial charge < -0.3 is 29.9 Å². The van der Waals surface area contributed by atoms with Gasteiger partial charge in [0.15, 0.2) is 6.29 Å². The van der Waals surface area contributed by atoms with E-state index < -0.39 is 12.3 Å². The summed E-state index contributed by atoms with van der Waals surface area (Å²) in [4.78, 5) is 25.8. The molecule has 1 aliphatic rings. The van der Waals surface area contributed by atoms with Gasteiger partial charge in [-0.15, -0.1) is 0 Å². The van der Waals surface area contributed by atoms with Crippen molar-refractivity contribution in [3.63, 3.8) is 0 Å². The minimum absolute atomic E-state index is 0.0179. The molecule has 0 spiro atoms. The van der Waals surface area contributed by atoms with E-state index in [2.05, 4.69) is 72.6 Å². The minimum Gasteiger partial charge on any atom is -0.481 e. The molecule has 1 amide bonds. The van der Waals surface area contributed by atoms with Crippen LogP contribution in [0.5, 0.6) is 0 Å². The van der Waals surface area contributed by atoms with Crippen molar-refractivity contribution in [2.24, 2.45) is 0 Å². The highest BCUT2D eigenvalue weighted by Crippen LogP contribution is 2.39. The van der Waals surface area contributed by atoms with Gasteiger partial charge in [-0.1, -0.05) is 158 Å². The topological polar surface area (TPSA) is 108 Å². The summed E-state index contributed by atoms with van der Waals surface area (Å²) in [6.07, 6.45) is 19.5. The van der Waals surface area contributed by atoms with E-state index in [-0.39, 0.29) is 31.1 Å². The zero-order chi connectivity index (χ0) is 40.5. The second-order valence-corrected chi connectivity index (χ2v) is 16.1. The SMILES string of the molecule is CCCCCCCCN(CCCCCCCC)C[C@@H]1C[C@H](c2ccc(CO)cc2)O[C@H](c2ccc(-c3cccc(CNC(=O)CCCCCCC(=O)O)c3)cc2)O1. The van der Waals surface area contributed by atoms with E-state index >= 15 is 0 Å². The summed E-state index contributed by atoms with van der Waals surface area (Å²) in [7, 11) is 0. The van der Waals surface area contributed by atoms with Crippen LogP contribution in [0.25, 0.3) is 11.1 Å². The van der Waals surface area contributed by atoms with Gasteiger partial charge in [0.1, 0.15) is 0 Å². The van der Waals surface area contributed by atoms with E-state index in [9.17, 15) is 14.7 Å². The molecule has 0 radical (unpaired) electrons. The smallest absolute Gasteiger partial charge is 0.303 e. The monoisotopic (exact) mass is 785 g/mol. The molecule has 1 heterocycles. The van der Waals surface area contributed by atoms with Crippen LogP contribution in [0.4, 0.5) is 0 Å². The van der Waals surface area contributed by atoms with E-state index in [1.165, 1.54) is 77.0 Å². The van der Waals surface area contributed by atoms with Crippen LogP contribution >= 0.6 is 0 Å². The number of carboxylic acids is 1. The number of unbranched alkanes of at least 4 members (excludes halogenated alkanes) is 13. The molecular formula is C49H72N2O6. The number of carboxylic acid groups (broad SMARTS) is 1. The molecule has 0 bridgehead atoms. The maximum absolute atomic E-state index is 12.5. The van der Waals surface area contributed by atoms with Crippen LogP contribution in [-0.2, 0) is 32.2 Å².